The second kappa shape index (κ2) is 24.4. The Morgan fingerprint density at radius 1 is 0.596 bits per heavy atom. The van der Waals surface area contributed by atoms with E-state index in [-0.39, 0.29) is 38.0 Å². The number of fused-ring (bicyclic) bond motifs is 7. The normalized spacial score (nSPS) is 54.8. The Balaban J connectivity index is 0.905. The van der Waals surface area contributed by atoms with Gasteiger partial charge in [0.1, 0.15) is 96.5 Å². The van der Waals surface area contributed by atoms with E-state index in [4.69, 9.17) is 47.4 Å². The number of carbonyl (C=O) groups excluding carboxylic acids is 1. The Morgan fingerprint density at radius 2 is 1.19 bits per heavy atom. The zero-order valence-electron chi connectivity index (χ0n) is 50.9. The van der Waals surface area contributed by atoms with Crippen LogP contribution >= 0.6 is 0 Å². The van der Waals surface area contributed by atoms with Crippen LogP contribution in [0.3, 0.4) is 0 Å². The van der Waals surface area contributed by atoms with Crippen LogP contribution in [-0.4, -0.2) is 284 Å². The average molecular weight is 1280 g/mol. The van der Waals surface area contributed by atoms with Crippen molar-refractivity contribution in [1.82, 2.24) is 0 Å². The predicted octanol–water partition coefficient (Wildman–Crippen LogP) is -4.42. The second-order valence-corrected chi connectivity index (χ2v) is 28.8. The van der Waals surface area contributed by atoms with Gasteiger partial charge >= 0.3 is 17.9 Å². The smallest absolute Gasteiger partial charge is 0.335 e. The number of ether oxygens (including phenoxy) is 10. The first-order valence-electron chi connectivity index (χ1n) is 30.8. The third-order valence-electron chi connectivity index (χ3n) is 23.2. The molecule has 5 heterocycles. The van der Waals surface area contributed by atoms with Gasteiger partial charge in [-0.1, -0.05) is 46.3 Å². The number of aliphatic hydroxyl groups is 15. The minimum atomic E-state index is -2.31. The molecule has 0 spiro atoms. The van der Waals surface area contributed by atoms with Crippen LogP contribution < -0.4 is 0 Å². The summed E-state index contributed by atoms with van der Waals surface area (Å²) >= 11 is 0. The van der Waals surface area contributed by atoms with Crippen molar-refractivity contribution in [1.29, 1.82) is 0 Å². The van der Waals surface area contributed by atoms with Gasteiger partial charge in [-0.3, -0.25) is 9.59 Å². The summed E-state index contributed by atoms with van der Waals surface area (Å²) in [5.74, 6) is -5.67. The molecule has 0 radical (unpaired) electrons. The molecule has 5 aliphatic carbocycles. The highest BCUT2D eigenvalue weighted by atomic mass is 16.8. The van der Waals surface area contributed by atoms with Gasteiger partial charge < -0.3 is 134 Å². The zero-order chi connectivity index (χ0) is 65.5. The third kappa shape index (κ3) is 10.9. The molecule has 0 aromatic rings. The molecule has 4 saturated carbocycles. The summed E-state index contributed by atoms with van der Waals surface area (Å²) in [6.07, 6.45) is -40.6. The average Bonchev–Trinajstić information content (AvgIpc) is 1.06. The van der Waals surface area contributed by atoms with Crippen LogP contribution in [0.25, 0.3) is 0 Å². The van der Waals surface area contributed by atoms with E-state index < -0.39 is 241 Å². The number of hydrogen-bond acceptors (Lipinski definition) is 28. The molecule has 0 amide bonds. The minimum absolute atomic E-state index is 0.0138. The number of rotatable bonds is 14. The van der Waals surface area contributed by atoms with Gasteiger partial charge in [-0.15, -0.1) is 0 Å². The second-order valence-electron chi connectivity index (χ2n) is 28.8. The SMILES string of the molecule is C[C@@H]1O[C@@H](O[C@H]2[C@H](OC(=O)C34CCC5(C)C(=CCC6C7(C)CC(O)C(O[C@@H]8O[C@H](C(=O)O)[C@@H](O)[C@H](O)[C@H]8O)C(C)(C(=O)O)C7CCC65C)C3CC(C)(C)CC4O)O[C@H](C)[C@@H](O)[C@@H]2O)[C@H](O)[C@@H](O[C@@H]2OC[C@](O)(CO)[C@H]2O[C@@H]2O[C@H](CO)[C@@H](O)[C@H](O)[C@H]2O)[C@H]1O. The Kier molecular flexibility index (Phi) is 19.0. The number of allylic oxidation sites excluding steroid dienone is 2. The Bertz CT molecular complexity index is 2630. The minimum Gasteiger partial charge on any atom is -0.481 e. The Morgan fingerprint density at radius 3 is 1.82 bits per heavy atom. The van der Waals surface area contributed by atoms with Gasteiger partial charge in [0.25, 0.3) is 0 Å². The van der Waals surface area contributed by atoms with Crippen molar-refractivity contribution in [2.24, 2.45) is 50.2 Å². The summed E-state index contributed by atoms with van der Waals surface area (Å²) in [5, 5.41) is 187. The van der Waals surface area contributed by atoms with Crippen LogP contribution in [0.1, 0.15) is 107 Å². The number of esters is 1. The van der Waals surface area contributed by atoms with E-state index in [0.29, 0.717) is 19.3 Å². The number of hydrogen-bond donors (Lipinski definition) is 17. The summed E-state index contributed by atoms with van der Waals surface area (Å²) in [6.45, 7) is 11.8. The maximum Gasteiger partial charge on any atom is 0.335 e. The summed E-state index contributed by atoms with van der Waals surface area (Å²) in [6, 6.07) is 0. The van der Waals surface area contributed by atoms with Crippen LogP contribution in [0.4, 0.5) is 0 Å². The van der Waals surface area contributed by atoms with E-state index >= 15 is 4.79 Å². The van der Waals surface area contributed by atoms with E-state index in [1.165, 1.54) is 20.8 Å². The van der Waals surface area contributed by atoms with Crippen molar-refractivity contribution in [3.63, 3.8) is 0 Å². The maximum atomic E-state index is 15.6. The van der Waals surface area contributed by atoms with E-state index in [9.17, 15) is 96.4 Å². The first-order valence-corrected chi connectivity index (χ1v) is 30.8. The first-order chi connectivity index (χ1) is 41.4. The van der Waals surface area contributed by atoms with Crippen molar-refractivity contribution in [3.8, 4) is 0 Å². The maximum absolute atomic E-state index is 15.6. The van der Waals surface area contributed by atoms with Crippen molar-refractivity contribution in [2.75, 3.05) is 19.8 Å². The molecule has 10 rings (SSSR count). The first kappa shape index (κ1) is 69.0. The fourth-order valence-electron chi connectivity index (χ4n) is 17.9. The molecule has 34 atom stereocenters. The Labute approximate surface area is 512 Å². The predicted molar refractivity (Wildman–Crippen MR) is 292 cm³/mol. The van der Waals surface area contributed by atoms with Crippen molar-refractivity contribution < 1.29 is 149 Å². The lowest BCUT2D eigenvalue weighted by atomic mass is 9.33. The van der Waals surface area contributed by atoms with E-state index in [1.54, 1.807) is 0 Å². The summed E-state index contributed by atoms with van der Waals surface area (Å²) in [7, 11) is 0. The standard InChI is InChI=1S/C59H92O30/c1-21-30(64)35(69)42(86-48-39(73)40(31(65)22(2)81-48)84-50-44(58(79,19-61)20-80-50)88-46-37(71)33(67)32(66)26(18-60)83-46)49(82-21)89-52(78)59-14-13-55(6)23(24(59)15-53(3,4)17-29(59)63)9-10-27-54(5)16-25(62)43(57(8,51(76)77)28(54)11-12-56(27,55)7)87-47-38(72)34(68)36(70)41(85-47)45(74)75/h9,21-22,24-44,46-50,60-73,79H,10-20H2,1-8H3,(H,74,75)(H,76,77)/t21-,22+,24?,25?,26-,27?,28?,29?,30-,31+,32-,33+,34+,35+,36+,37-,38-,39-,40+,41+,42-,43?,44+,46+,47+,48+,49+,50+,54?,55?,56?,57?,58-,59?/m1/s1. The number of carboxylic acids is 2. The Hall–Kier alpha value is -2.81. The third-order valence-corrected chi connectivity index (χ3v) is 23.2. The van der Waals surface area contributed by atoms with Gasteiger partial charge in [-0.05, 0) is 112 Å². The van der Waals surface area contributed by atoms with E-state index in [1.807, 2.05) is 20.8 Å². The largest absolute Gasteiger partial charge is 0.481 e. The lowest BCUT2D eigenvalue weighted by Crippen LogP contribution is -2.71. The molecule has 5 aliphatic heterocycles. The monoisotopic (exact) mass is 1280 g/mol. The van der Waals surface area contributed by atoms with Crippen LogP contribution in [0.5, 0.6) is 0 Å². The molecule has 30 heteroatoms. The molecule has 17 N–H and O–H groups in total. The molecule has 0 aromatic heterocycles. The van der Waals surface area contributed by atoms with Gasteiger partial charge in [0, 0.05) is 0 Å². The van der Waals surface area contributed by atoms with Crippen molar-refractivity contribution in [3.05, 3.63) is 11.6 Å². The number of carboxylic acid groups (broad SMARTS) is 2. The van der Waals surface area contributed by atoms with E-state index in [0.717, 1.165) is 5.57 Å². The molecule has 89 heavy (non-hydrogen) atoms. The fraction of sp³-hybridized carbons (Fsp3) is 0.915. The lowest BCUT2D eigenvalue weighted by Gasteiger charge is -2.71. The van der Waals surface area contributed by atoms with Crippen molar-refractivity contribution in [2.45, 2.75) is 266 Å². The van der Waals surface area contributed by atoms with Gasteiger partial charge in [-0.25, -0.2) is 4.79 Å². The van der Waals surface area contributed by atoms with Crippen LogP contribution in [0.2, 0.25) is 0 Å². The molecular formula is C59H92O30. The van der Waals surface area contributed by atoms with Gasteiger partial charge in [0.15, 0.2) is 37.4 Å². The summed E-state index contributed by atoms with van der Waals surface area (Å²) in [5.41, 5.74) is -7.91. The molecule has 11 unspecified atom stereocenters. The lowest BCUT2D eigenvalue weighted by molar-refractivity contribution is -0.373. The van der Waals surface area contributed by atoms with Gasteiger partial charge in [0.2, 0.25) is 6.29 Å². The zero-order valence-corrected chi connectivity index (χ0v) is 50.9. The fourth-order valence-corrected chi connectivity index (χ4v) is 17.9. The molecule has 10 aliphatic rings. The molecule has 508 valence electrons. The molecule has 0 bridgehead atoms. The number of aliphatic hydroxyl groups excluding tert-OH is 14. The highest BCUT2D eigenvalue weighted by Gasteiger charge is 2.74. The highest BCUT2D eigenvalue weighted by molar-refractivity contribution is 5.80. The van der Waals surface area contributed by atoms with Crippen molar-refractivity contribution >= 4 is 17.9 Å². The van der Waals surface area contributed by atoms with Gasteiger partial charge in [0.05, 0.1) is 49.7 Å². The summed E-state index contributed by atoms with van der Waals surface area (Å²) in [4.78, 5) is 41.4. The molecule has 9 fully saturated rings. The topological polar surface area (TPSA) is 487 Å². The molecule has 30 nitrogen and oxygen atoms in total. The number of carbonyl (C=O) groups is 3. The van der Waals surface area contributed by atoms with Crippen LogP contribution in [-0.2, 0) is 61.8 Å². The quantitative estimate of drug-likeness (QED) is 0.0443. The molecule has 0 aromatic carbocycles. The summed E-state index contributed by atoms with van der Waals surface area (Å²) < 4.78 is 59.0. The van der Waals surface area contributed by atoms with Crippen LogP contribution in [0, 0.1) is 50.2 Å². The highest BCUT2D eigenvalue weighted by Crippen LogP contribution is 2.76. The molecule has 5 saturated heterocycles. The van der Waals surface area contributed by atoms with Gasteiger partial charge in [-0.2, -0.15) is 0 Å². The van der Waals surface area contributed by atoms with E-state index in [2.05, 4.69) is 19.9 Å². The number of aliphatic carboxylic acids is 2. The van der Waals surface area contributed by atoms with Crippen LogP contribution in [0.15, 0.2) is 11.6 Å². The molecular weight excluding hydrogens is 1190 g/mol.